The number of aryl methyl sites for hydroxylation is 1. The van der Waals surface area contributed by atoms with Gasteiger partial charge in [0.05, 0.1) is 0 Å². The van der Waals surface area contributed by atoms with Crippen molar-refractivity contribution >= 4 is 23.4 Å². The number of anilines is 1. The molecule has 3 amide bonds. The van der Waals surface area contributed by atoms with Crippen LogP contribution in [0.3, 0.4) is 0 Å². The molecule has 32 heavy (non-hydrogen) atoms. The SMILES string of the molecule is CCN1CCN(Cc2ccc(C(=O)N3CCN(c4ccc(C)cc4)CC3)cc2)C(=O)C1=O. The minimum atomic E-state index is -0.454. The fourth-order valence-electron chi connectivity index (χ4n) is 4.25. The van der Waals surface area contributed by atoms with Crippen LogP contribution in [0.4, 0.5) is 5.69 Å². The van der Waals surface area contributed by atoms with E-state index >= 15 is 0 Å². The Bertz CT molecular complexity index is 979. The molecule has 2 fully saturated rings. The van der Waals surface area contributed by atoms with Gasteiger partial charge in [-0.3, -0.25) is 14.4 Å². The summed E-state index contributed by atoms with van der Waals surface area (Å²) < 4.78 is 0. The molecule has 0 radical (unpaired) electrons. The van der Waals surface area contributed by atoms with E-state index in [2.05, 4.69) is 36.1 Å². The van der Waals surface area contributed by atoms with Crippen molar-refractivity contribution in [2.45, 2.75) is 20.4 Å². The highest BCUT2D eigenvalue weighted by Crippen LogP contribution is 2.19. The van der Waals surface area contributed by atoms with Gasteiger partial charge in [-0.15, -0.1) is 0 Å². The lowest BCUT2D eigenvalue weighted by molar-refractivity contribution is -0.156. The molecule has 7 nitrogen and oxygen atoms in total. The summed E-state index contributed by atoms with van der Waals surface area (Å²) in [5.41, 5.74) is 4.00. The van der Waals surface area contributed by atoms with Gasteiger partial charge in [-0.25, -0.2) is 0 Å². The Labute approximate surface area is 189 Å². The van der Waals surface area contributed by atoms with E-state index in [1.807, 2.05) is 36.1 Å². The van der Waals surface area contributed by atoms with Gasteiger partial charge in [0.15, 0.2) is 0 Å². The predicted octanol–water partition coefficient (Wildman–Crippen LogP) is 2.15. The lowest BCUT2D eigenvalue weighted by atomic mass is 10.1. The van der Waals surface area contributed by atoms with Crippen molar-refractivity contribution in [1.29, 1.82) is 0 Å². The first-order valence-electron chi connectivity index (χ1n) is 11.2. The topological polar surface area (TPSA) is 64.2 Å². The van der Waals surface area contributed by atoms with Crippen LogP contribution in [-0.4, -0.2) is 78.2 Å². The minimum absolute atomic E-state index is 0.0305. The predicted molar refractivity (Wildman–Crippen MR) is 123 cm³/mol. The van der Waals surface area contributed by atoms with E-state index in [4.69, 9.17) is 0 Å². The first-order chi connectivity index (χ1) is 15.5. The maximum Gasteiger partial charge on any atom is 0.312 e. The third kappa shape index (κ3) is 4.61. The molecule has 2 aromatic rings. The number of carbonyl (C=O) groups excluding carboxylic acids is 3. The molecular formula is C25H30N4O3. The zero-order valence-electron chi connectivity index (χ0n) is 18.8. The number of hydrogen-bond acceptors (Lipinski definition) is 4. The number of carbonyl (C=O) groups is 3. The van der Waals surface area contributed by atoms with E-state index in [1.54, 1.807) is 9.80 Å². The van der Waals surface area contributed by atoms with Crippen LogP contribution in [0.15, 0.2) is 48.5 Å². The van der Waals surface area contributed by atoms with Crippen LogP contribution in [-0.2, 0) is 16.1 Å². The van der Waals surface area contributed by atoms with Crippen molar-refractivity contribution in [3.05, 3.63) is 65.2 Å². The summed E-state index contributed by atoms with van der Waals surface area (Å²) in [4.78, 5) is 44.7. The number of nitrogens with zero attached hydrogens (tertiary/aromatic N) is 4. The van der Waals surface area contributed by atoms with Crippen LogP contribution in [0.25, 0.3) is 0 Å². The maximum absolute atomic E-state index is 12.9. The largest absolute Gasteiger partial charge is 0.368 e. The summed E-state index contributed by atoms with van der Waals surface area (Å²) in [7, 11) is 0. The highest BCUT2D eigenvalue weighted by Gasteiger charge is 2.31. The van der Waals surface area contributed by atoms with Gasteiger partial charge in [0.1, 0.15) is 0 Å². The number of benzene rings is 2. The molecule has 0 saturated carbocycles. The lowest BCUT2D eigenvalue weighted by Gasteiger charge is -2.36. The maximum atomic E-state index is 12.9. The van der Waals surface area contributed by atoms with Crippen molar-refractivity contribution < 1.29 is 14.4 Å². The first-order valence-corrected chi connectivity index (χ1v) is 11.2. The zero-order chi connectivity index (χ0) is 22.7. The number of rotatable bonds is 5. The van der Waals surface area contributed by atoms with Crippen LogP contribution < -0.4 is 4.90 Å². The van der Waals surface area contributed by atoms with Crippen molar-refractivity contribution in [1.82, 2.24) is 14.7 Å². The summed E-state index contributed by atoms with van der Waals surface area (Å²) in [6.45, 7) is 8.98. The monoisotopic (exact) mass is 434 g/mol. The Morgan fingerprint density at radius 3 is 2.00 bits per heavy atom. The van der Waals surface area contributed by atoms with Gasteiger partial charge in [0, 0.05) is 63.6 Å². The third-order valence-corrected chi connectivity index (χ3v) is 6.32. The van der Waals surface area contributed by atoms with E-state index in [1.165, 1.54) is 11.3 Å². The molecule has 0 bridgehead atoms. The second-order valence-corrected chi connectivity index (χ2v) is 8.42. The molecule has 2 heterocycles. The van der Waals surface area contributed by atoms with Crippen LogP contribution in [0.5, 0.6) is 0 Å². The second kappa shape index (κ2) is 9.42. The van der Waals surface area contributed by atoms with Gasteiger partial charge >= 0.3 is 11.8 Å². The van der Waals surface area contributed by atoms with Crippen molar-refractivity contribution in [3.8, 4) is 0 Å². The minimum Gasteiger partial charge on any atom is -0.368 e. The van der Waals surface area contributed by atoms with Crippen molar-refractivity contribution in [2.24, 2.45) is 0 Å². The van der Waals surface area contributed by atoms with E-state index in [0.29, 0.717) is 44.8 Å². The summed E-state index contributed by atoms with van der Waals surface area (Å²) in [6.07, 6.45) is 0. The molecule has 7 heteroatoms. The molecule has 0 N–H and O–H groups in total. The fourth-order valence-corrected chi connectivity index (χ4v) is 4.25. The molecule has 4 rings (SSSR count). The summed E-state index contributed by atoms with van der Waals surface area (Å²) in [5, 5.41) is 0. The molecule has 0 unspecified atom stereocenters. The highest BCUT2D eigenvalue weighted by molar-refractivity contribution is 6.35. The first kappa shape index (κ1) is 21.9. The molecule has 0 aliphatic carbocycles. The summed E-state index contributed by atoms with van der Waals surface area (Å²) >= 11 is 0. The molecular weight excluding hydrogens is 404 g/mol. The standard InChI is InChI=1S/C25H30N4O3/c1-3-26-12-17-29(25(32)24(26)31)18-20-6-8-21(9-7-20)23(30)28-15-13-27(14-16-28)22-10-4-19(2)5-11-22/h4-11H,3,12-18H2,1-2H3. The number of likely N-dealkylation sites (N-methyl/N-ethyl adjacent to an activating group) is 1. The Morgan fingerprint density at radius 1 is 0.781 bits per heavy atom. The summed E-state index contributed by atoms with van der Waals surface area (Å²) in [5.74, 6) is -0.858. The molecule has 2 aliphatic rings. The molecule has 0 spiro atoms. The third-order valence-electron chi connectivity index (χ3n) is 6.32. The molecule has 168 valence electrons. The van der Waals surface area contributed by atoms with Gasteiger partial charge in [0.25, 0.3) is 5.91 Å². The lowest BCUT2D eigenvalue weighted by Crippen LogP contribution is -2.53. The van der Waals surface area contributed by atoms with Gasteiger partial charge in [-0.1, -0.05) is 29.8 Å². The van der Waals surface area contributed by atoms with Gasteiger partial charge in [-0.05, 0) is 43.7 Å². The number of amides is 3. The number of hydrogen-bond donors (Lipinski definition) is 0. The normalized spacial score (nSPS) is 17.2. The summed E-state index contributed by atoms with van der Waals surface area (Å²) in [6, 6.07) is 15.9. The van der Waals surface area contributed by atoms with Gasteiger partial charge < -0.3 is 19.6 Å². The average molecular weight is 435 g/mol. The Balaban J connectivity index is 1.32. The molecule has 2 aliphatic heterocycles. The number of piperazine rings is 2. The van der Waals surface area contributed by atoms with E-state index in [9.17, 15) is 14.4 Å². The van der Waals surface area contributed by atoms with Crippen LogP contribution in [0.2, 0.25) is 0 Å². The van der Waals surface area contributed by atoms with Crippen LogP contribution >= 0.6 is 0 Å². The van der Waals surface area contributed by atoms with Crippen LogP contribution in [0.1, 0.15) is 28.4 Å². The average Bonchev–Trinajstić information content (AvgIpc) is 2.83. The molecule has 0 atom stereocenters. The van der Waals surface area contributed by atoms with Crippen molar-refractivity contribution in [3.63, 3.8) is 0 Å². The Morgan fingerprint density at radius 2 is 1.38 bits per heavy atom. The van der Waals surface area contributed by atoms with E-state index < -0.39 is 11.8 Å². The highest BCUT2D eigenvalue weighted by atomic mass is 16.2. The van der Waals surface area contributed by atoms with Crippen molar-refractivity contribution in [2.75, 3.05) is 50.7 Å². The van der Waals surface area contributed by atoms with E-state index in [0.717, 1.165) is 18.7 Å². The smallest absolute Gasteiger partial charge is 0.312 e. The molecule has 2 saturated heterocycles. The Kier molecular flexibility index (Phi) is 6.44. The second-order valence-electron chi connectivity index (χ2n) is 8.42. The quantitative estimate of drug-likeness (QED) is 0.677. The molecule has 2 aromatic carbocycles. The van der Waals surface area contributed by atoms with Gasteiger partial charge in [-0.2, -0.15) is 0 Å². The molecule has 0 aromatic heterocycles. The Hall–Kier alpha value is -3.35. The van der Waals surface area contributed by atoms with Crippen LogP contribution in [0, 0.1) is 6.92 Å². The van der Waals surface area contributed by atoms with E-state index in [-0.39, 0.29) is 5.91 Å². The zero-order valence-corrected chi connectivity index (χ0v) is 18.8. The fraction of sp³-hybridized carbons (Fsp3) is 0.400. The van der Waals surface area contributed by atoms with Gasteiger partial charge in [0.2, 0.25) is 0 Å².